The van der Waals surface area contributed by atoms with Gasteiger partial charge in [0.15, 0.2) is 0 Å². The van der Waals surface area contributed by atoms with E-state index in [0.717, 1.165) is 12.0 Å². The van der Waals surface area contributed by atoms with Gasteiger partial charge >= 0.3 is 0 Å². The van der Waals surface area contributed by atoms with E-state index in [1.807, 2.05) is 20.2 Å². The van der Waals surface area contributed by atoms with Crippen LogP contribution >= 0.6 is 11.6 Å². The number of aromatic hydroxyl groups is 1. The van der Waals surface area contributed by atoms with Crippen LogP contribution in [0.1, 0.15) is 5.56 Å². The number of phenolic OH excluding ortho intramolecular Hbond substituents is 1. The fourth-order valence-corrected chi connectivity index (χ4v) is 1.68. The number of likely N-dealkylation sites (N-methyl/N-ethyl adjacent to an activating group) is 1. The van der Waals surface area contributed by atoms with Crippen LogP contribution in [0.2, 0.25) is 5.02 Å². The van der Waals surface area contributed by atoms with Crippen LogP contribution in [-0.4, -0.2) is 36.7 Å². The van der Waals surface area contributed by atoms with Crippen LogP contribution in [0, 0.1) is 0 Å². The smallest absolute Gasteiger partial charge is 0.117 e. The number of halogens is 1. The summed E-state index contributed by atoms with van der Waals surface area (Å²) in [7, 11) is 3.98. The summed E-state index contributed by atoms with van der Waals surface area (Å²) in [4.78, 5) is 2.07. The maximum atomic E-state index is 9.22. The van der Waals surface area contributed by atoms with Gasteiger partial charge < -0.3 is 15.7 Å². The maximum Gasteiger partial charge on any atom is 0.117 e. The lowest BCUT2D eigenvalue weighted by Gasteiger charge is -2.23. The summed E-state index contributed by atoms with van der Waals surface area (Å²) in [5.74, 6) is 0.193. The molecule has 0 radical (unpaired) electrons. The standard InChI is InChI=1S/C11H17ClN2O/c1-14(2)9(7-13)5-8-3-4-10(15)6-11(8)12/h3-4,6,9,15H,5,7,13H2,1-2H3. The molecular formula is C11H17ClN2O. The predicted octanol–water partition coefficient (Wildman–Crippen LogP) is 1.48. The zero-order valence-corrected chi connectivity index (χ0v) is 9.83. The van der Waals surface area contributed by atoms with Crippen LogP contribution in [0.4, 0.5) is 0 Å². The number of hydrogen-bond acceptors (Lipinski definition) is 3. The van der Waals surface area contributed by atoms with E-state index in [2.05, 4.69) is 4.90 Å². The summed E-state index contributed by atoms with van der Waals surface area (Å²) in [6.45, 7) is 0.588. The van der Waals surface area contributed by atoms with Crippen molar-refractivity contribution < 1.29 is 5.11 Å². The molecule has 0 saturated heterocycles. The molecule has 4 heteroatoms. The van der Waals surface area contributed by atoms with E-state index in [1.165, 1.54) is 0 Å². The molecule has 0 saturated carbocycles. The molecule has 0 amide bonds. The van der Waals surface area contributed by atoms with E-state index >= 15 is 0 Å². The molecule has 0 aliphatic rings. The average Bonchev–Trinajstić information content (AvgIpc) is 2.16. The van der Waals surface area contributed by atoms with Gasteiger partial charge in [0.05, 0.1) is 0 Å². The molecule has 1 atom stereocenters. The zero-order valence-electron chi connectivity index (χ0n) is 9.07. The highest BCUT2D eigenvalue weighted by Gasteiger charge is 2.12. The van der Waals surface area contributed by atoms with Gasteiger partial charge in [-0.15, -0.1) is 0 Å². The van der Waals surface area contributed by atoms with Crippen LogP contribution in [0.3, 0.4) is 0 Å². The van der Waals surface area contributed by atoms with Crippen molar-refractivity contribution in [2.24, 2.45) is 5.73 Å². The van der Waals surface area contributed by atoms with E-state index < -0.39 is 0 Å². The van der Waals surface area contributed by atoms with Crippen molar-refractivity contribution in [3.8, 4) is 5.75 Å². The molecule has 84 valence electrons. The van der Waals surface area contributed by atoms with Crippen molar-refractivity contribution in [1.82, 2.24) is 4.90 Å². The Morgan fingerprint density at radius 3 is 2.60 bits per heavy atom. The minimum absolute atomic E-state index is 0.193. The second-order valence-corrected chi connectivity index (χ2v) is 4.24. The zero-order chi connectivity index (χ0) is 11.4. The molecule has 0 spiro atoms. The molecular weight excluding hydrogens is 212 g/mol. The van der Waals surface area contributed by atoms with Gasteiger partial charge in [0.2, 0.25) is 0 Å². The first-order valence-electron chi connectivity index (χ1n) is 4.88. The van der Waals surface area contributed by atoms with E-state index in [1.54, 1.807) is 12.1 Å². The van der Waals surface area contributed by atoms with Crippen molar-refractivity contribution in [2.75, 3.05) is 20.6 Å². The molecule has 0 fully saturated rings. The topological polar surface area (TPSA) is 49.5 Å². The Bertz CT molecular complexity index is 328. The Kier molecular flexibility index (Phi) is 4.39. The Labute approximate surface area is 95.5 Å². The van der Waals surface area contributed by atoms with Gasteiger partial charge in [0, 0.05) is 17.6 Å². The average molecular weight is 229 g/mol. The normalized spacial score (nSPS) is 13.1. The SMILES string of the molecule is CN(C)C(CN)Cc1ccc(O)cc1Cl. The van der Waals surface area contributed by atoms with Gasteiger partial charge in [-0.25, -0.2) is 0 Å². The van der Waals surface area contributed by atoms with Crippen LogP contribution in [0.25, 0.3) is 0 Å². The van der Waals surface area contributed by atoms with Crippen molar-refractivity contribution in [2.45, 2.75) is 12.5 Å². The number of benzene rings is 1. The Morgan fingerprint density at radius 2 is 2.13 bits per heavy atom. The summed E-state index contributed by atoms with van der Waals surface area (Å²) in [6.07, 6.45) is 0.794. The Balaban J connectivity index is 2.79. The first-order valence-corrected chi connectivity index (χ1v) is 5.26. The van der Waals surface area contributed by atoms with Gasteiger partial charge in [-0.2, -0.15) is 0 Å². The number of rotatable bonds is 4. The van der Waals surface area contributed by atoms with Gasteiger partial charge in [0.1, 0.15) is 5.75 Å². The molecule has 1 aromatic rings. The number of nitrogens with zero attached hydrogens (tertiary/aromatic N) is 1. The highest BCUT2D eigenvalue weighted by Crippen LogP contribution is 2.23. The first-order chi connectivity index (χ1) is 7.04. The molecule has 15 heavy (non-hydrogen) atoms. The molecule has 3 nitrogen and oxygen atoms in total. The van der Waals surface area contributed by atoms with E-state index in [4.69, 9.17) is 17.3 Å². The molecule has 1 rings (SSSR count). The maximum absolute atomic E-state index is 9.22. The lowest BCUT2D eigenvalue weighted by atomic mass is 10.1. The molecule has 0 heterocycles. The van der Waals surface area contributed by atoms with Crippen LogP contribution in [0.5, 0.6) is 5.75 Å². The molecule has 1 aromatic carbocycles. The van der Waals surface area contributed by atoms with Gasteiger partial charge in [-0.1, -0.05) is 17.7 Å². The predicted molar refractivity (Wildman–Crippen MR) is 63.4 cm³/mol. The van der Waals surface area contributed by atoms with Crippen LogP contribution in [0.15, 0.2) is 18.2 Å². The summed E-state index contributed by atoms with van der Waals surface area (Å²) < 4.78 is 0. The van der Waals surface area contributed by atoms with Crippen molar-refractivity contribution >= 4 is 11.6 Å². The highest BCUT2D eigenvalue weighted by atomic mass is 35.5. The van der Waals surface area contributed by atoms with E-state index in [9.17, 15) is 5.11 Å². The number of hydrogen-bond donors (Lipinski definition) is 2. The quantitative estimate of drug-likeness (QED) is 0.821. The summed E-state index contributed by atoms with van der Waals surface area (Å²) >= 11 is 6.02. The van der Waals surface area contributed by atoms with Crippen molar-refractivity contribution in [3.05, 3.63) is 28.8 Å². The number of nitrogens with two attached hydrogens (primary N) is 1. The first kappa shape index (κ1) is 12.3. The van der Waals surface area contributed by atoms with Gasteiger partial charge in [0.25, 0.3) is 0 Å². The molecule has 0 aliphatic carbocycles. The third-order valence-electron chi connectivity index (χ3n) is 2.49. The molecule has 0 aromatic heterocycles. The highest BCUT2D eigenvalue weighted by molar-refractivity contribution is 6.31. The van der Waals surface area contributed by atoms with Crippen molar-refractivity contribution in [1.29, 1.82) is 0 Å². The van der Waals surface area contributed by atoms with Gasteiger partial charge in [-0.05, 0) is 38.2 Å². The molecule has 1 unspecified atom stereocenters. The van der Waals surface area contributed by atoms with Crippen LogP contribution < -0.4 is 5.73 Å². The summed E-state index contributed by atoms with van der Waals surface area (Å²) in [5, 5.41) is 9.81. The fraction of sp³-hybridized carbons (Fsp3) is 0.455. The minimum atomic E-state index is 0.193. The molecule has 0 bridgehead atoms. The second-order valence-electron chi connectivity index (χ2n) is 3.83. The third kappa shape index (κ3) is 3.38. The van der Waals surface area contributed by atoms with E-state index in [-0.39, 0.29) is 11.8 Å². The molecule has 0 aliphatic heterocycles. The van der Waals surface area contributed by atoms with E-state index in [0.29, 0.717) is 11.6 Å². The lowest BCUT2D eigenvalue weighted by molar-refractivity contribution is 0.298. The monoisotopic (exact) mass is 228 g/mol. The van der Waals surface area contributed by atoms with Crippen molar-refractivity contribution in [3.63, 3.8) is 0 Å². The van der Waals surface area contributed by atoms with Crippen LogP contribution in [-0.2, 0) is 6.42 Å². The fourth-order valence-electron chi connectivity index (χ4n) is 1.43. The lowest BCUT2D eigenvalue weighted by Crippen LogP contribution is -2.36. The minimum Gasteiger partial charge on any atom is -0.508 e. The largest absolute Gasteiger partial charge is 0.508 e. The molecule has 3 N–H and O–H groups in total. The summed E-state index contributed by atoms with van der Waals surface area (Å²) in [6, 6.07) is 5.31. The third-order valence-corrected chi connectivity index (χ3v) is 2.85. The second kappa shape index (κ2) is 5.35. The van der Waals surface area contributed by atoms with Gasteiger partial charge in [-0.3, -0.25) is 0 Å². The summed E-state index contributed by atoms with van der Waals surface area (Å²) in [5.41, 5.74) is 6.68. The number of phenols is 1. The Hall–Kier alpha value is -0.770. The Morgan fingerprint density at radius 1 is 1.47 bits per heavy atom.